The van der Waals surface area contributed by atoms with Gasteiger partial charge in [0.15, 0.2) is 0 Å². The number of piperazine rings is 1. The molecule has 0 aliphatic carbocycles. The second-order valence-corrected chi connectivity index (χ2v) is 7.05. The van der Waals surface area contributed by atoms with E-state index in [1.807, 2.05) is 30.5 Å². The molecule has 2 aromatic rings. The highest BCUT2D eigenvalue weighted by Crippen LogP contribution is 2.29. The van der Waals surface area contributed by atoms with Gasteiger partial charge in [-0.05, 0) is 30.5 Å². The Morgan fingerprint density at radius 3 is 2.69 bits per heavy atom. The number of anilines is 2. The van der Waals surface area contributed by atoms with Crippen LogP contribution < -0.4 is 15.0 Å². The lowest BCUT2D eigenvalue weighted by Gasteiger charge is -2.38. The van der Waals surface area contributed by atoms with Gasteiger partial charge in [0.1, 0.15) is 16.8 Å². The molecule has 7 heteroatoms. The van der Waals surface area contributed by atoms with Gasteiger partial charge < -0.3 is 15.0 Å². The number of para-hydroxylation sites is 2. The van der Waals surface area contributed by atoms with Gasteiger partial charge in [-0.3, -0.25) is 9.69 Å². The SMILES string of the molecule is COc1ccccc1N1CCN(C(C)C(=O)Nc2sccc2C#N)CC1. The topological polar surface area (TPSA) is 68.6 Å². The van der Waals surface area contributed by atoms with Crippen LogP contribution in [0.4, 0.5) is 10.7 Å². The maximum absolute atomic E-state index is 12.5. The van der Waals surface area contributed by atoms with Gasteiger partial charge in [-0.15, -0.1) is 11.3 Å². The van der Waals surface area contributed by atoms with Crippen LogP contribution >= 0.6 is 11.3 Å². The van der Waals surface area contributed by atoms with E-state index < -0.39 is 0 Å². The highest BCUT2D eigenvalue weighted by Gasteiger charge is 2.27. The van der Waals surface area contributed by atoms with Crippen molar-refractivity contribution in [3.63, 3.8) is 0 Å². The number of hydrogen-bond acceptors (Lipinski definition) is 6. The lowest BCUT2D eigenvalue weighted by Crippen LogP contribution is -2.52. The van der Waals surface area contributed by atoms with Crippen molar-refractivity contribution in [1.29, 1.82) is 5.26 Å². The van der Waals surface area contributed by atoms with Gasteiger partial charge in [0, 0.05) is 26.2 Å². The molecule has 2 heterocycles. The number of carbonyl (C=O) groups is 1. The Bertz CT molecular complexity index is 806. The zero-order chi connectivity index (χ0) is 18.5. The molecule has 0 spiro atoms. The number of nitrogens with zero attached hydrogens (tertiary/aromatic N) is 3. The van der Waals surface area contributed by atoms with Crippen molar-refractivity contribution in [2.75, 3.05) is 43.5 Å². The van der Waals surface area contributed by atoms with Crippen molar-refractivity contribution in [3.05, 3.63) is 41.3 Å². The minimum absolute atomic E-state index is 0.0744. The number of rotatable bonds is 5. The van der Waals surface area contributed by atoms with Crippen LogP contribution in [0.1, 0.15) is 12.5 Å². The molecule has 1 N–H and O–H groups in total. The average molecular weight is 370 g/mol. The highest BCUT2D eigenvalue weighted by atomic mass is 32.1. The standard InChI is InChI=1S/C19H22N4O2S/c1-14(18(24)21-19-15(13-20)7-12-26-19)22-8-10-23(11-9-22)16-5-3-4-6-17(16)25-2/h3-7,12,14H,8-11H2,1-2H3,(H,21,24). The average Bonchev–Trinajstić information content (AvgIpc) is 3.14. The molecule has 0 bridgehead atoms. The number of nitriles is 1. The summed E-state index contributed by atoms with van der Waals surface area (Å²) in [5.41, 5.74) is 1.60. The van der Waals surface area contributed by atoms with Crippen LogP contribution in [0, 0.1) is 11.3 Å². The molecule has 1 unspecified atom stereocenters. The van der Waals surface area contributed by atoms with E-state index in [0.29, 0.717) is 10.6 Å². The molecule has 0 saturated carbocycles. The summed E-state index contributed by atoms with van der Waals surface area (Å²) in [6, 6.07) is 11.6. The predicted octanol–water partition coefficient (Wildman–Crippen LogP) is 2.78. The second-order valence-electron chi connectivity index (χ2n) is 6.14. The molecule has 1 aromatic carbocycles. The number of amides is 1. The molecule has 26 heavy (non-hydrogen) atoms. The third kappa shape index (κ3) is 3.82. The first-order valence-electron chi connectivity index (χ1n) is 8.54. The molecular weight excluding hydrogens is 348 g/mol. The summed E-state index contributed by atoms with van der Waals surface area (Å²) in [5.74, 6) is 0.795. The number of hydrogen-bond donors (Lipinski definition) is 1. The lowest BCUT2D eigenvalue weighted by molar-refractivity contribution is -0.120. The van der Waals surface area contributed by atoms with Gasteiger partial charge in [0.2, 0.25) is 5.91 Å². The smallest absolute Gasteiger partial charge is 0.242 e. The van der Waals surface area contributed by atoms with E-state index in [-0.39, 0.29) is 11.9 Å². The Kier molecular flexibility index (Phi) is 5.76. The maximum Gasteiger partial charge on any atom is 0.242 e. The molecule has 0 radical (unpaired) electrons. The van der Waals surface area contributed by atoms with Crippen molar-refractivity contribution < 1.29 is 9.53 Å². The Hall–Kier alpha value is -2.56. The summed E-state index contributed by atoms with van der Waals surface area (Å²) in [6.07, 6.45) is 0. The van der Waals surface area contributed by atoms with E-state index in [1.54, 1.807) is 13.2 Å². The largest absolute Gasteiger partial charge is 0.495 e. The van der Waals surface area contributed by atoms with Gasteiger partial charge in [-0.25, -0.2) is 0 Å². The minimum Gasteiger partial charge on any atom is -0.495 e. The number of nitrogens with one attached hydrogen (secondary N) is 1. The monoisotopic (exact) mass is 370 g/mol. The van der Waals surface area contributed by atoms with E-state index in [4.69, 9.17) is 10.00 Å². The molecule has 1 aliphatic rings. The van der Waals surface area contributed by atoms with Gasteiger partial charge in [-0.2, -0.15) is 5.26 Å². The van der Waals surface area contributed by atoms with Crippen molar-refractivity contribution >= 4 is 27.9 Å². The first-order chi connectivity index (χ1) is 12.6. The minimum atomic E-state index is -0.247. The fourth-order valence-corrected chi connectivity index (χ4v) is 3.86. The van der Waals surface area contributed by atoms with Crippen LogP contribution in [0.15, 0.2) is 35.7 Å². The Balaban J connectivity index is 1.59. The van der Waals surface area contributed by atoms with Crippen molar-refractivity contribution in [1.82, 2.24) is 4.90 Å². The van der Waals surface area contributed by atoms with Gasteiger partial charge >= 0.3 is 0 Å². The van der Waals surface area contributed by atoms with Gasteiger partial charge in [0.05, 0.1) is 24.4 Å². The molecule has 1 atom stereocenters. The fraction of sp³-hybridized carbons (Fsp3) is 0.368. The van der Waals surface area contributed by atoms with Crippen molar-refractivity contribution in [3.8, 4) is 11.8 Å². The molecule has 6 nitrogen and oxygen atoms in total. The van der Waals surface area contributed by atoms with Crippen LogP contribution in [0.3, 0.4) is 0 Å². The molecule has 1 fully saturated rings. The molecule has 1 saturated heterocycles. The van der Waals surface area contributed by atoms with E-state index in [2.05, 4.69) is 27.3 Å². The summed E-state index contributed by atoms with van der Waals surface area (Å²) in [4.78, 5) is 17.0. The number of carbonyl (C=O) groups excluding carboxylic acids is 1. The van der Waals surface area contributed by atoms with Gasteiger partial charge in [-0.1, -0.05) is 12.1 Å². The summed E-state index contributed by atoms with van der Waals surface area (Å²) in [6.45, 7) is 5.17. The predicted molar refractivity (Wildman–Crippen MR) is 104 cm³/mol. The number of ether oxygens (including phenoxy) is 1. The molecule has 1 aliphatic heterocycles. The van der Waals surface area contributed by atoms with E-state index in [1.165, 1.54) is 11.3 Å². The van der Waals surface area contributed by atoms with Crippen LogP contribution in [-0.4, -0.2) is 50.1 Å². The zero-order valence-corrected chi connectivity index (χ0v) is 15.8. The quantitative estimate of drug-likeness (QED) is 0.876. The summed E-state index contributed by atoms with van der Waals surface area (Å²) < 4.78 is 5.45. The summed E-state index contributed by atoms with van der Waals surface area (Å²) in [5, 5.41) is 14.4. The number of benzene rings is 1. The normalized spacial score (nSPS) is 16.0. The highest BCUT2D eigenvalue weighted by molar-refractivity contribution is 7.14. The van der Waals surface area contributed by atoms with Gasteiger partial charge in [0.25, 0.3) is 0 Å². The number of thiophene rings is 1. The maximum atomic E-state index is 12.5. The fourth-order valence-electron chi connectivity index (χ4n) is 3.12. The molecule has 3 rings (SSSR count). The van der Waals surface area contributed by atoms with Crippen LogP contribution in [0.2, 0.25) is 0 Å². The van der Waals surface area contributed by atoms with E-state index >= 15 is 0 Å². The Labute approximate surface area is 157 Å². The number of methoxy groups -OCH3 is 1. The van der Waals surface area contributed by atoms with E-state index in [0.717, 1.165) is 37.6 Å². The molecule has 136 valence electrons. The first kappa shape index (κ1) is 18.2. The van der Waals surface area contributed by atoms with Crippen molar-refractivity contribution in [2.45, 2.75) is 13.0 Å². The van der Waals surface area contributed by atoms with Crippen LogP contribution in [0.25, 0.3) is 0 Å². The third-order valence-corrected chi connectivity index (χ3v) is 5.52. The molecule has 1 amide bonds. The van der Waals surface area contributed by atoms with Crippen LogP contribution in [0.5, 0.6) is 5.75 Å². The Morgan fingerprint density at radius 2 is 2.00 bits per heavy atom. The van der Waals surface area contributed by atoms with Crippen LogP contribution in [-0.2, 0) is 4.79 Å². The first-order valence-corrected chi connectivity index (χ1v) is 9.42. The summed E-state index contributed by atoms with van der Waals surface area (Å²) in [7, 11) is 1.68. The Morgan fingerprint density at radius 1 is 1.27 bits per heavy atom. The van der Waals surface area contributed by atoms with E-state index in [9.17, 15) is 4.79 Å². The lowest BCUT2D eigenvalue weighted by atomic mass is 10.2. The third-order valence-electron chi connectivity index (χ3n) is 4.69. The molecular formula is C19H22N4O2S. The zero-order valence-electron chi connectivity index (χ0n) is 14.9. The molecule has 1 aromatic heterocycles. The summed E-state index contributed by atoms with van der Waals surface area (Å²) >= 11 is 1.37. The van der Waals surface area contributed by atoms with Crippen molar-refractivity contribution in [2.24, 2.45) is 0 Å². The second kappa shape index (κ2) is 8.21.